The zero-order valence-corrected chi connectivity index (χ0v) is 29.6. The predicted molar refractivity (Wildman–Crippen MR) is 196 cm³/mol. The molecular formula is C34H51N11O5. The molecule has 2 heterocycles. The maximum absolute atomic E-state index is 11.6. The zero-order chi connectivity index (χ0) is 36.5. The van der Waals surface area contributed by atoms with Crippen LogP contribution in [0.25, 0.3) is 11.0 Å². The molecular weight excluding hydrogens is 642 g/mol. The zero-order valence-electron chi connectivity index (χ0n) is 29.6. The lowest BCUT2D eigenvalue weighted by Gasteiger charge is -2.18. The largest absolute Gasteiger partial charge is 0.463 e. The van der Waals surface area contributed by atoms with E-state index in [1.165, 1.54) is 6.92 Å². The summed E-state index contributed by atoms with van der Waals surface area (Å²) < 4.78 is 11.7. The van der Waals surface area contributed by atoms with Gasteiger partial charge in [-0.2, -0.15) is 9.97 Å². The van der Waals surface area contributed by atoms with Gasteiger partial charge in [0.2, 0.25) is 11.9 Å². The first-order valence-electron chi connectivity index (χ1n) is 16.9. The topological polar surface area (TPSA) is 222 Å². The van der Waals surface area contributed by atoms with Gasteiger partial charge in [-0.15, -0.1) is 4.98 Å². The van der Waals surface area contributed by atoms with Gasteiger partial charge < -0.3 is 51.3 Å². The predicted octanol–water partition coefficient (Wildman–Crippen LogP) is 3.13. The first-order chi connectivity index (χ1) is 24.0. The van der Waals surface area contributed by atoms with E-state index in [0.717, 1.165) is 57.8 Å². The number of nitrogens with zero attached hydrogens (tertiary/aromatic N) is 5. The number of carbonyl (C=O) groups excluding carboxylic acids is 2. The summed E-state index contributed by atoms with van der Waals surface area (Å²) in [6, 6.07) is 11.5. The first kappa shape index (κ1) is 39.4. The van der Waals surface area contributed by atoms with Gasteiger partial charge in [-0.3, -0.25) is 9.59 Å². The van der Waals surface area contributed by atoms with Crippen molar-refractivity contribution in [3.8, 4) is 12.0 Å². The number of carbonyl (C=O) groups is 2. The normalized spacial score (nSPS) is 11.6. The molecule has 0 aliphatic heterocycles. The Morgan fingerprint density at radius 3 is 1.84 bits per heavy atom. The number of amides is 1. The lowest BCUT2D eigenvalue weighted by molar-refractivity contribution is -0.126. The second-order valence-electron chi connectivity index (χ2n) is 11.3. The number of nitrogens with one attached hydrogen (secondary N) is 4. The average Bonchev–Trinajstić information content (AvgIpc) is 3.48. The van der Waals surface area contributed by atoms with Crippen molar-refractivity contribution in [2.45, 2.75) is 53.5 Å². The van der Waals surface area contributed by atoms with Crippen molar-refractivity contribution < 1.29 is 19.1 Å². The molecule has 1 amide bonds. The third-order valence-electron chi connectivity index (χ3n) is 7.75. The van der Waals surface area contributed by atoms with Crippen LogP contribution in [0.5, 0.6) is 12.0 Å². The summed E-state index contributed by atoms with van der Waals surface area (Å²) in [5.41, 5.74) is 14.0. The Morgan fingerprint density at radius 2 is 1.32 bits per heavy atom. The number of hydrogen-bond donors (Lipinski definition) is 6. The molecule has 1 atom stereocenters. The molecule has 50 heavy (non-hydrogen) atoms. The molecule has 0 aliphatic rings. The number of hydrogen-bond acceptors (Lipinski definition) is 13. The maximum atomic E-state index is 11.6. The summed E-state index contributed by atoms with van der Waals surface area (Å²) >= 11 is 0. The highest BCUT2D eigenvalue weighted by atomic mass is 16.5. The van der Waals surface area contributed by atoms with Crippen molar-refractivity contribution in [1.29, 1.82) is 0 Å². The number of H-pyrrole nitrogens is 2. The van der Waals surface area contributed by atoms with Crippen LogP contribution in [0, 0.1) is 0 Å². The van der Waals surface area contributed by atoms with Crippen LogP contribution in [-0.4, -0.2) is 105 Å². The fraction of sp³-hybridized carbons (Fsp3) is 0.471. The molecule has 0 radical (unpaired) electrons. The average molecular weight is 694 g/mol. The van der Waals surface area contributed by atoms with Crippen LogP contribution in [0.4, 0.5) is 23.0 Å². The van der Waals surface area contributed by atoms with Gasteiger partial charge in [0.1, 0.15) is 6.04 Å². The van der Waals surface area contributed by atoms with E-state index in [4.69, 9.17) is 20.9 Å². The number of aromatic nitrogens is 5. The molecule has 0 saturated heterocycles. The molecule has 16 nitrogen and oxygen atoms in total. The molecule has 2 aromatic heterocycles. The minimum Gasteiger partial charge on any atom is -0.463 e. The Kier molecular flexibility index (Phi) is 16.1. The molecule has 0 bridgehead atoms. The third-order valence-corrected chi connectivity index (χ3v) is 7.75. The molecule has 2 aromatic carbocycles. The van der Waals surface area contributed by atoms with Gasteiger partial charge in [-0.25, -0.2) is 4.79 Å². The highest BCUT2D eigenvalue weighted by molar-refractivity contribution is 6.10. The number of nitrogen functional groups attached to an aromatic ring is 1. The van der Waals surface area contributed by atoms with Crippen LogP contribution in [0.15, 0.2) is 47.3 Å². The number of benzene rings is 2. The van der Waals surface area contributed by atoms with E-state index in [1.807, 2.05) is 24.3 Å². The van der Waals surface area contributed by atoms with E-state index < -0.39 is 17.7 Å². The Balaban J connectivity index is 0.000000316. The molecule has 16 heteroatoms. The Hall–Kier alpha value is -5.06. The molecule has 4 rings (SSSR count). The summed E-state index contributed by atoms with van der Waals surface area (Å²) in [4.78, 5) is 56.6. The summed E-state index contributed by atoms with van der Waals surface area (Å²) in [6.45, 7) is 17.0. The van der Waals surface area contributed by atoms with Gasteiger partial charge in [-0.05, 0) is 88.4 Å². The maximum Gasteiger partial charge on any atom is 0.324 e. The van der Waals surface area contributed by atoms with Gasteiger partial charge in [0.15, 0.2) is 5.78 Å². The van der Waals surface area contributed by atoms with E-state index in [-0.39, 0.29) is 17.7 Å². The Labute approximate surface area is 292 Å². The highest BCUT2D eigenvalue weighted by Gasteiger charge is 2.18. The fourth-order valence-electron chi connectivity index (χ4n) is 4.72. The number of ketones is 1. The van der Waals surface area contributed by atoms with Crippen molar-refractivity contribution in [2.24, 2.45) is 5.73 Å². The fourth-order valence-corrected chi connectivity index (χ4v) is 4.72. The van der Waals surface area contributed by atoms with Crippen LogP contribution >= 0.6 is 0 Å². The Morgan fingerprint density at radius 1 is 0.800 bits per heavy atom. The number of ether oxygens (including phenoxy) is 2. The number of imidazole rings is 1. The summed E-state index contributed by atoms with van der Waals surface area (Å²) in [7, 11) is 0. The lowest BCUT2D eigenvalue weighted by Crippen LogP contribution is -2.41. The quantitative estimate of drug-likeness (QED) is 0.0473. The third kappa shape index (κ3) is 13.1. The van der Waals surface area contributed by atoms with Crippen LogP contribution in [0.1, 0.15) is 47.5 Å². The molecule has 0 aliphatic carbocycles. The van der Waals surface area contributed by atoms with Gasteiger partial charge in [0, 0.05) is 30.2 Å². The molecule has 0 spiro atoms. The van der Waals surface area contributed by atoms with Crippen molar-refractivity contribution in [2.75, 3.05) is 68.8 Å². The number of nitrogens with two attached hydrogens (primary N) is 2. The van der Waals surface area contributed by atoms with E-state index in [0.29, 0.717) is 41.6 Å². The van der Waals surface area contributed by atoms with Crippen molar-refractivity contribution in [1.82, 2.24) is 34.7 Å². The molecule has 4 aromatic rings. The Bertz CT molecular complexity index is 1650. The number of fused-ring (bicyclic) bond motifs is 1. The van der Waals surface area contributed by atoms with Crippen molar-refractivity contribution in [3.63, 3.8) is 0 Å². The second-order valence-corrected chi connectivity index (χ2v) is 11.3. The number of anilines is 4. The molecule has 0 saturated carbocycles. The summed E-state index contributed by atoms with van der Waals surface area (Å²) in [5.74, 6) is -0.620. The van der Waals surface area contributed by atoms with Gasteiger partial charge >= 0.3 is 17.7 Å². The first-order valence-corrected chi connectivity index (χ1v) is 16.9. The van der Waals surface area contributed by atoms with Crippen LogP contribution in [0.3, 0.4) is 0 Å². The van der Waals surface area contributed by atoms with Gasteiger partial charge in [0.25, 0.3) is 0 Å². The van der Waals surface area contributed by atoms with Crippen molar-refractivity contribution in [3.05, 3.63) is 52.9 Å². The molecule has 272 valence electrons. The SMILES string of the molecule is CC(=O)C(N)C(=O)Nc1ccc2[nH]c(=O)[nH]c2c1.CCN(CC)CCCOc1nc(Nc2ccc(N)cc2)nc(OCCCN(CC)CC)n1. The van der Waals surface area contributed by atoms with Crippen molar-refractivity contribution >= 4 is 45.7 Å². The minimum absolute atomic E-state index is 0.260. The van der Waals surface area contributed by atoms with E-state index in [9.17, 15) is 14.4 Å². The molecule has 0 fully saturated rings. The second kappa shape index (κ2) is 20.5. The van der Waals surface area contributed by atoms with E-state index in [1.54, 1.807) is 18.2 Å². The van der Waals surface area contributed by atoms with E-state index in [2.05, 4.69) is 73.0 Å². The molecule has 8 N–H and O–H groups in total. The van der Waals surface area contributed by atoms with E-state index >= 15 is 0 Å². The summed E-state index contributed by atoms with van der Waals surface area (Å²) in [6.07, 6.45) is 1.79. The number of rotatable bonds is 19. The number of Topliss-reactive ketones (excluding diaryl/α,β-unsaturated/α-hetero) is 1. The smallest absolute Gasteiger partial charge is 0.324 e. The lowest BCUT2D eigenvalue weighted by atomic mass is 10.2. The summed E-state index contributed by atoms with van der Waals surface area (Å²) in [5, 5.41) is 5.68. The van der Waals surface area contributed by atoms with Crippen LogP contribution in [0.2, 0.25) is 0 Å². The standard InChI is InChI=1S/C23H39N7O2.C11H12N4O3/c1-5-29(6-2)15-9-17-31-22-26-21(25-20-13-11-19(24)12-14-20)27-23(28-22)32-18-10-16-30(7-3)8-4;1-5(16)9(12)10(17)13-6-2-3-7-8(4-6)15-11(18)14-7/h11-14H,5-10,15-18,24H2,1-4H3,(H,25,26,27,28);2-4,9H,12H2,1H3,(H,13,17)(H2,14,15,18). The number of aromatic amines is 2. The van der Waals surface area contributed by atoms with Crippen LogP contribution < -0.4 is 37.3 Å². The highest BCUT2D eigenvalue weighted by Crippen LogP contribution is 2.19. The van der Waals surface area contributed by atoms with Gasteiger partial charge in [-0.1, -0.05) is 27.7 Å². The minimum atomic E-state index is -1.19. The van der Waals surface area contributed by atoms with Crippen LogP contribution in [-0.2, 0) is 9.59 Å². The van der Waals surface area contributed by atoms with Gasteiger partial charge in [0.05, 0.1) is 24.2 Å². The molecule has 1 unspecified atom stereocenters. The monoisotopic (exact) mass is 693 g/mol.